The van der Waals surface area contributed by atoms with Crippen LogP contribution in [0.15, 0.2) is 12.1 Å². The molecule has 0 radical (unpaired) electrons. The molecule has 0 spiro atoms. The van der Waals surface area contributed by atoms with E-state index >= 15 is 0 Å². The van der Waals surface area contributed by atoms with Gasteiger partial charge in [0.1, 0.15) is 6.10 Å². The number of methoxy groups -OCH3 is 2. The summed E-state index contributed by atoms with van der Waals surface area (Å²) in [5.74, 6) is 0.962. The van der Waals surface area contributed by atoms with Gasteiger partial charge in [-0.2, -0.15) is 0 Å². The quantitative estimate of drug-likeness (QED) is 0.682. The summed E-state index contributed by atoms with van der Waals surface area (Å²) in [5.41, 5.74) is 6.58. The summed E-state index contributed by atoms with van der Waals surface area (Å²) in [6, 6.07) is 3.16. The molecular formula is C16H23NO4. The number of anilines is 1. The van der Waals surface area contributed by atoms with E-state index in [1.54, 1.807) is 12.1 Å². The minimum Gasteiger partial charge on any atom is -0.493 e. The zero-order chi connectivity index (χ0) is 15.4. The molecule has 1 aromatic carbocycles. The highest BCUT2D eigenvalue weighted by molar-refractivity contribution is 5.96. The first-order valence-electron chi connectivity index (χ1n) is 7.29. The van der Waals surface area contributed by atoms with E-state index in [4.69, 9.17) is 19.9 Å². The van der Waals surface area contributed by atoms with Crippen molar-refractivity contribution in [2.45, 2.75) is 38.7 Å². The van der Waals surface area contributed by atoms with Crippen LogP contribution in [0.4, 0.5) is 5.69 Å². The number of hydrogen-bond donors (Lipinski definition) is 1. The zero-order valence-electron chi connectivity index (χ0n) is 12.8. The van der Waals surface area contributed by atoms with Crippen molar-refractivity contribution < 1.29 is 19.0 Å². The average molecular weight is 293 g/mol. The minimum absolute atomic E-state index is 0.0289. The van der Waals surface area contributed by atoms with E-state index in [0.29, 0.717) is 28.7 Å². The number of nitrogens with two attached hydrogens (primary N) is 1. The Morgan fingerprint density at radius 3 is 2.38 bits per heavy atom. The van der Waals surface area contributed by atoms with Crippen molar-refractivity contribution in [3.63, 3.8) is 0 Å². The van der Waals surface area contributed by atoms with Gasteiger partial charge in [0.05, 0.1) is 25.5 Å². The number of ether oxygens (including phenoxy) is 3. The van der Waals surface area contributed by atoms with E-state index in [-0.39, 0.29) is 6.10 Å². The number of hydrogen-bond acceptors (Lipinski definition) is 5. The Labute approximate surface area is 125 Å². The molecular weight excluding hydrogens is 270 g/mol. The molecule has 0 aromatic heterocycles. The van der Waals surface area contributed by atoms with Crippen molar-refractivity contribution in [2.75, 3.05) is 20.0 Å². The van der Waals surface area contributed by atoms with E-state index in [1.165, 1.54) is 20.6 Å². The van der Waals surface area contributed by atoms with Crippen LogP contribution in [0.3, 0.4) is 0 Å². The Hall–Kier alpha value is -1.91. The molecule has 1 aliphatic carbocycles. The molecule has 0 amide bonds. The summed E-state index contributed by atoms with van der Waals surface area (Å²) < 4.78 is 16.0. The first-order chi connectivity index (χ1) is 10.1. The molecule has 2 N–H and O–H groups in total. The number of esters is 1. The number of benzene rings is 1. The minimum atomic E-state index is -0.396. The van der Waals surface area contributed by atoms with Gasteiger partial charge in [-0.1, -0.05) is 13.3 Å². The van der Waals surface area contributed by atoms with E-state index < -0.39 is 5.97 Å². The fraction of sp³-hybridized carbons (Fsp3) is 0.562. The van der Waals surface area contributed by atoms with Gasteiger partial charge in [0, 0.05) is 12.1 Å². The van der Waals surface area contributed by atoms with Gasteiger partial charge in [-0.25, -0.2) is 4.79 Å². The summed E-state index contributed by atoms with van der Waals surface area (Å²) in [6.07, 6.45) is 4.29. The van der Waals surface area contributed by atoms with Crippen LogP contribution in [0, 0.1) is 5.92 Å². The van der Waals surface area contributed by atoms with Crippen LogP contribution < -0.4 is 15.2 Å². The molecule has 116 valence electrons. The van der Waals surface area contributed by atoms with Crippen LogP contribution in [-0.4, -0.2) is 26.3 Å². The Bertz CT molecular complexity index is 515. The smallest absolute Gasteiger partial charge is 0.340 e. The number of rotatable bonds is 4. The van der Waals surface area contributed by atoms with Crippen molar-refractivity contribution >= 4 is 11.7 Å². The van der Waals surface area contributed by atoms with Gasteiger partial charge in [-0.15, -0.1) is 0 Å². The second-order valence-electron chi connectivity index (χ2n) is 5.50. The molecule has 5 heteroatoms. The maximum atomic E-state index is 12.3. The predicted octanol–water partition coefficient (Wildman–Crippen LogP) is 3.02. The van der Waals surface area contributed by atoms with Crippen LogP contribution in [0.5, 0.6) is 11.5 Å². The van der Waals surface area contributed by atoms with Gasteiger partial charge in [-0.05, 0) is 25.2 Å². The van der Waals surface area contributed by atoms with Crippen molar-refractivity contribution in [3.8, 4) is 11.5 Å². The molecule has 1 saturated carbocycles. The van der Waals surface area contributed by atoms with Gasteiger partial charge < -0.3 is 19.9 Å². The lowest BCUT2D eigenvalue weighted by molar-refractivity contribution is 0.00490. The Balaban J connectivity index is 2.18. The highest BCUT2D eigenvalue weighted by Gasteiger charge is 2.26. The number of carbonyl (C=O) groups is 1. The van der Waals surface area contributed by atoms with E-state index in [2.05, 4.69) is 6.92 Å². The lowest BCUT2D eigenvalue weighted by Gasteiger charge is -2.28. The standard InChI is InChI=1S/C16H23NO4/c1-10-6-4-5-7-13(10)21-16(18)11-8-14(19-2)15(20-3)9-12(11)17/h8-10,13H,4-7,17H2,1-3H3. The van der Waals surface area contributed by atoms with Crippen LogP contribution in [0.1, 0.15) is 43.0 Å². The third kappa shape index (κ3) is 3.40. The molecule has 0 bridgehead atoms. The molecule has 2 rings (SSSR count). The Morgan fingerprint density at radius 1 is 1.14 bits per heavy atom. The Kier molecular flexibility index (Phi) is 4.94. The van der Waals surface area contributed by atoms with Crippen LogP contribution in [-0.2, 0) is 4.74 Å². The topological polar surface area (TPSA) is 70.8 Å². The fourth-order valence-electron chi connectivity index (χ4n) is 2.73. The monoisotopic (exact) mass is 293 g/mol. The first-order valence-corrected chi connectivity index (χ1v) is 7.29. The molecule has 0 saturated heterocycles. The third-order valence-electron chi connectivity index (χ3n) is 4.07. The van der Waals surface area contributed by atoms with Gasteiger partial charge >= 0.3 is 5.97 Å². The van der Waals surface area contributed by atoms with E-state index in [1.807, 2.05) is 0 Å². The largest absolute Gasteiger partial charge is 0.493 e. The lowest BCUT2D eigenvalue weighted by Crippen LogP contribution is -2.28. The maximum absolute atomic E-state index is 12.3. The summed E-state index contributed by atoms with van der Waals surface area (Å²) in [4.78, 5) is 12.3. The van der Waals surface area contributed by atoms with Gasteiger partial charge in [-0.3, -0.25) is 0 Å². The van der Waals surface area contributed by atoms with E-state index in [0.717, 1.165) is 19.3 Å². The maximum Gasteiger partial charge on any atom is 0.340 e. The van der Waals surface area contributed by atoms with Gasteiger partial charge in [0.15, 0.2) is 11.5 Å². The molecule has 2 atom stereocenters. The summed E-state index contributed by atoms with van der Waals surface area (Å²) in [6.45, 7) is 2.12. The Morgan fingerprint density at radius 2 is 1.76 bits per heavy atom. The van der Waals surface area contributed by atoms with Crippen LogP contribution in [0.2, 0.25) is 0 Å². The van der Waals surface area contributed by atoms with Crippen molar-refractivity contribution in [3.05, 3.63) is 17.7 Å². The molecule has 1 fully saturated rings. The molecule has 0 heterocycles. The predicted molar refractivity (Wildman–Crippen MR) is 80.8 cm³/mol. The fourth-order valence-corrected chi connectivity index (χ4v) is 2.73. The van der Waals surface area contributed by atoms with Gasteiger partial charge in [0.25, 0.3) is 0 Å². The number of nitrogen functional groups attached to an aromatic ring is 1. The van der Waals surface area contributed by atoms with Gasteiger partial charge in [0.2, 0.25) is 0 Å². The lowest BCUT2D eigenvalue weighted by atomic mass is 9.88. The van der Waals surface area contributed by atoms with Crippen molar-refractivity contribution in [2.24, 2.45) is 5.92 Å². The zero-order valence-corrected chi connectivity index (χ0v) is 12.8. The van der Waals surface area contributed by atoms with Crippen LogP contribution >= 0.6 is 0 Å². The average Bonchev–Trinajstić information content (AvgIpc) is 2.49. The summed E-state index contributed by atoms with van der Waals surface area (Å²) in [7, 11) is 3.05. The molecule has 5 nitrogen and oxygen atoms in total. The molecule has 0 aliphatic heterocycles. The van der Waals surface area contributed by atoms with Crippen molar-refractivity contribution in [1.82, 2.24) is 0 Å². The summed E-state index contributed by atoms with van der Waals surface area (Å²) in [5, 5.41) is 0. The normalized spacial score (nSPS) is 21.7. The highest BCUT2D eigenvalue weighted by atomic mass is 16.5. The third-order valence-corrected chi connectivity index (χ3v) is 4.07. The summed E-state index contributed by atoms with van der Waals surface area (Å²) >= 11 is 0. The van der Waals surface area contributed by atoms with Crippen LogP contribution in [0.25, 0.3) is 0 Å². The SMILES string of the molecule is COc1cc(N)c(C(=O)OC2CCCCC2C)cc1OC. The highest BCUT2D eigenvalue weighted by Crippen LogP contribution is 2.33. The van der Waals surface area contributed by atoms with Crippen molar-refractivity contribution in [1.29, 1.82) is 0 Å². The molecule has 2 unspecified atom stereocenters. The molecule has 21 heavy (non-hydrogen) atoms. The molecule has 1 aliphatic rings. The van der Waals surface area contributed by atoms with E-state index in [9.17, 15) is 4.79 Å². The molecule has 1 aromatic rings. The first kappa shape index (κ1) is 15.5. The number of carbonyl (C=O) groups excluding carboxylic acids is 1. The second-order valence-corrected chi connectivity index (χ2v) is 5.50. The second kappa shape index (κ2) is 6.70.